The van der Waals surface area contributed by atoms with Crippen LogP contribution in [0.3, 0.4) is 0 Å². The molecule has 0 spiro atoms. The number of aromatic nitrogens is 1. The summed E-state index contributed by atoms with van der Waals surface area (Å²) in [5.41, 5.74) is 6.45. The molecule has 0 saturated carbocycles. The Labute approximate surface area is 136 Å². The second kappa shape index (κ2) is 5.77. The van der Waals surface area contributed by atoms with Gasteiger partial charge in [-0.2, -0.15) is 0 Å². The third kappa shape index (κ3) is 2.66. The van der Waals surface area contributed by atoms with Crippen LogP contribution in [0.1, 0.15) is 11.1 Å². The Bertz CT molecular complexity index is 948. The summed E-state index contributed by atoms with van der Waals surface area (Å²) in [6.45, 7) is 3.03. The van der Waals surface area contributed by atoms with Gasteiger partial charge in [-0.1, -0.05) is 72.3 Å². The molecule has 3 aromatic carbocycles. The number of para-hydroxylation sites is 1. The predicted octanol–water partition coefficient (Wildman–Crippen LogP) is 5.67. The van der Waals surface area contributed by atoms with Crippen LogP contribution < -0.4 is 0 Å². The topological polar surface area (TPSA) is 4.93 Å². The van der Waals surface area contributed by atoms with Gasteiger partial charge in [-0.05, 0) is 36.2 Å². The Morgan fingerprint density at radius 3 is 2.35 bits per heavy atom. The van der Waals surface area contributed by atoms with Gasteiger partial charge < -0.3 is 4.57 Å². The highest BCUT2D eigenvalue weighted by Gasteiger charge is 2.11. The fourth-order valence-corrected chi connectivity index (χ4v) is 3.19. The van der Waals surface area contributed by atoms with Gasteiger partial charge in [-0.3, -0.25) is 0 Å². The number of rotatable bonds is 3. The highest BCUT2D eigenvalue weighted by molar-refractivity contribution is 5.87. The van der Waals surface area contributed by atoms with Crippen molar-refractivity contribution in [3.05, 3.63) is 96.1 Å². The molecule has 0 aliphatic heterocycles. The second-order valence-corrected chi connectivity index (χ2v) is 6.03. The van der Waals surface area contributed by atoms with E-state index in [9.17, 15) is 0 Å². The Morgan fingerprint density at radius 1 is 0.739 bits per heavy atom. The molecule has 0 saturated heterocycles. The molecule has 0 bridgehead atoms. The van der Waals surface area contributed by atoms with E-state index in [4.69, 9.17) is 0 Å². The van der Waals surface area contributed by atoms with E-state index in [1.165, 1.54) is 33.3 Å². The van der Waals surface area contributed by atoms with E-state index in [1.807, 2.05) is 0 Å². The van der Waals surface area contributed by atoms with Gasteiger partial charge in [-0.25, -0.2) is 0 Å². The van der Waals surface area contributed by atoms with Gasteiger partial charge in [0.1, 0.15) is 0 Å². The van der Waals surface area contributed by atoms with Gasteiger partial charge in [0, 0.05) is 23.1 Å². The zero-order valence-corrected chi connectivity index (χ0v) is 13.2. The lowest BCUT2D eigenvalue weighted by atomic mass is 10.1. The fourth-order valence-electron chi connectivity index (χ4n) is 3.19. The predicted molar refractivity (Wildman–Crippen MR) is 97.7 cm³/mol. The molecule has 1 nitrogen and oxygen atoms in total. The SMILES string of the molecule is Cc1cccc(-c2cc3ccccc3n2Cc2ccccc2)c1. The number of benzene rings is 3. The van der Waals surface area contributed by atoms with Gasteiger partial charge in [-0.15, -0.1) is 0 Å². The quantitative estimate of drug-likeness (QED) is 0.459. The molecule has 4 aromatic rings. The summed E-state index contributed by atoms with van der Waals surface area (Å²) in [5.74, 6) is 0. The number of hydrogen-bond donors (Lipinski definition) is 0. The minimum absolute atomic E-state index is 0.887. The highest BCUT2D eigenvalue weighted by Crippen LogP contribution is 2.29. The monoisotopic (exact) mass is 297 g/mol. The largest absolute Gasteiger partial charge is 0.336 e. The zero-order valence-electron chi connectivity index (χ0n) is 13.2. The maximum absolute atomic E-state index is 2.42. The normalized spacial score (nSPS) is 11.0. The smallest absolute Gasteiger partial charge is 0.0494 e. The maximum Gasteiger partial charge on any atom is 0.0494 e. The summed E-state index contributed by atoms with van der Waals surface area (Å²) < 4.78 is 2.42. The summed E-state index contributed by atoms with van der Waals surface area (Å²) in [6, 6.07) is 30.3. The van der Waals surface area contributed by atoms with Crippen molar-refractivity contribution in [3.8, 4) is 11.3 Å². The number of hydrogen-bond acceptors (Lipinski definition) is 0. The van der Waals surface area contributed by atoms with Crippen molar-refractivity contribution in [3.63, 3.8) is 0 Å². The molecule has 0 aliphatic carbocycles. The van der Waals surface area contributed by atoms with Crippen LogP contribution in [0, 0.1) is 6.92 Å². The molecule has 0 unspecified atom stereocenters. The minimum atomic E-state index is 0.887. The molecule has 0 atom stereocenters. The third-order valence-electron chi connectivity index (χ3n) is 4.31. The van der Waals surface area contributed by atoms with E-state index >= 15 is 0 Å². The van der Waals surface area contributed by atoms with Crippen LogP contribution in [0.2, 0.25) is 0 Å². The lowest BCUT2D eigenvalue weighted by Gasteiger charge is -2.12. The van der Waals surface area contributed by atoms with Gasteiger partial charge in [0.15, 0.2) is 0 Å². The first kappa shape index (κ1) is 13.8. The van der Waals surface area contributed by atoms with E-state index in [0.29, 0.717) is 0 Å². The number of aryl methyl sites for hydroxylation is 1. The Hall–Kier alpha value is -2.80. The zero-order chi connectivity index (χ0) is 15.6. The molecular formula is C22H19N. The van der Waals surface area contributed by atoms with Crippen LogP contribution in [-0.2, 0) is 6.54 Å². The highest BCUT2D eigenvalue weighted by atomic mass is 15.0. The maximum atomic E-state index is 2.42. The molecule has 0 radical (unpaired) electrons. The first-order valence-corrected chi connectivity index (χ1v) is 8.00. The van der Waals surface area contributed by atoms with E-state index in [-0.39, 0.29) is 0 Å². The Kier molecular flexibility index (Phi) is 3.47. The van der Waals surface area contributed by atoms with Crippen LogP contribution in [0.5, 0.6) is 0 Å². The average Bonchev–Trinajstić information content (AvgIpc) is 2.95. The number of nitrogens with zero attached hydrogens (tertiary/aromatic N) is 1. The van der Waals surface area contributed by atoms with Crippen molar-refractivity contribution in [1.29, 1.82) is 0 Å². The average molecular weight is 297 g/mol. The van der Waals surface area contributed by atoms with Crippen LogP contribution in [0.15, 0.2) is 84.9 Å². The second-order valence-electron chi connectivity index (χ2n) is 6.03. The van der Waals surface area contributed by atoms with Gasteiger partial charge in [0.25, 0.3) is 0 Å². The lowest BCUT2D eigenvalue weighted by molar-refractivity contribution is 0.845. The first-order valence-electron chi connectivity index (χ1n) is 8.00. The van der Waals surface area contributed by atoms with Crippen LogP contribution in [-0.4, -0.2) is 4.57 Å². The summed E-state index contributed by atoms with van der Waals surface area (Å²) in [4.78, 5) is 0. The molecule has 1 heteroatoms. The molecule has 23 heavy (non-hydrogen) atoms. The third-order valence-corrected chi connectivity index (χ3v) is 4.31. The summed E-state index contributed by atoms with van der Waals surface area (Å²) >= 11 is 0. The van der Waals surface area contributed by atoms with E-state index < -0.39 is 0 Å². The first-order chi connectivity index (χ1) is 11.3. The Balaban J connectivity index is 1.91. The minimum Gasteiger partial charge on any atom is -0.336 e. The lowest BCUT2D eigenvalue weighted by Crippen LogP contribution is -2.01. The van der Waals surface area contributed by atoms with Crippen molar-refractivity contribution in [2.45, 2.75) is 13.5 Å². The van der Waals surface area contributed by atoms with Crippen LogP contribution in [0.4, 0.5) is 0 Å². The molecule has 112 valence electrons. The molecule has 4 rings (SSSR count). The molecule has 0 N–H and O–H groups in total. The summed E-state index contributed by atoms with van der Waals surface area (Å²) in [7, 11) is 0. The number of fused-ring (bicyclic) bond motifs is 1. The molecule has 0 aliphatic rings. The van der Waals surface area contributed by atoms with E-state index in [2.05, 4.69) is 96.4 Å². The van der Waals surface area contributed by atoms with Crippen molar-refractivity contribution < 1.29 is 0 Å². The van der Waals surface area contributed by atoms with E-state index in [0.717, 1.165) is 6.54 Å². The molecule has 1 aromatic heterocycles. The summed E-state index contributed by atoms with van der Waals surface area (Å²) in [5, 5.41) is 1.29. The molecule has 0 amide bonds. The van der Waals surface area contributed by atoms with Gasteiger partial charge in [0.2, 0.25) is 0 Å². The molecule has 0 fully saturated rings. The molecule has 1 heterocycles. The van der Waals surface area contributed by atoms with Crippen molar-refractivity contribution in [2.75, 3.05) is 0 Å². The van der Waals surface area contributed by atoms with Gasteiger partial charge in [0.05, 0.1) is 0 Å². The van der Waals surface area contributed by atoms with Crippen molar-refractivity contribution in [1.82, 2.24) is 4.57 Å². The standard InChI is InChI=1S/C22H19N/c1-17-8-7-12-19(14-17)22-15-20-11-5-6-13-21(20)23(22)16-18-9-3-2-4-10-18/h2-15H,16H2,1H3. The van der Waals surface area contributed by atoms with Crippen molar-refractivity contribution >= 4 is 10.9 Å². The fraction of sp³-hybridized carbons (Fsp3) is 0.0909. The summed E-state index contributed by atoms with van der Waals surface area (Å²) in [6.07, 6.45) is 0. The van der Waals surface area contributed by atoms with Crippen LogP contribution in [0.25, 0.3) is 22.2 Å². The van der Waals surface area contributed by atoms with E-state index in [1.54, 1.807) is 0 Å². The molecular weight excluding hydrogens is 278 g/mol. The Morgan fingerprint density at radius 2 is 1.52 bits per heavy atom. The van der Waals surface area contributed by atoms with Gasteiger partial charge >= 0.3 is 0 Å². The van der Waals surface area contributed by atoms with Crippen LogP contribution >= 0.6 is 0 Å². The van der Waals surface area contributed by atoms with Crippen molar-refractivity contribution in [2.24, 2.45) is 0 Å².